The number of fused-ring (bicyclic) bond motifs is 1. The maximum atomic E-state index is 14.1. The molecule has 0 spiro atoms. The van der Waals surface area contributed by atoms with Crippen molar-refractivity contribution >= 4 is 17.0 Å². The summed E-state index contributed by atoms with van der Waals surface area (Å²) in [5, 5.41) is 8.96. The monoisotopic (exact) mass is 248 g/mol. The van der Waals surface area contributed by atoms with Crippen molar-refractivity contribution in [3.63, 3.8) is 0 Å². The predicted molar refractivity (Wildman–Crippen MR) is 64.4 cm³/mol. The van der Waals surface area contributed by atoms with Gasteiger partial charge in [-0.3, -0.25) is 0 Å². The Kier molecular flexibility index (Phi) is 2.36. The number of rotatable bonds is 3. The quantitative estimate of drug-likeness (QED) is 0.908. The minimum absolute atomic E-state index is 0.200. The highest BCUT2D eigenvalue weighted by atomic mass is 19.1. The Balaban J connectivity index is 2.01. The normalized spacial score (nSPS) is 17.6. The van der Waals surface area contributed by atoms with Gasteiger partial charge in [0.1, 0.15) is 5.67 Å². The van der Waals surface area contributed by atoms with Crippen LogP contribution in [0.3, 0.4) is 0 Å². The molecule has 0 saturated heterocycles. The molecule has 0 bridgehead atoms. The minimum atomic E-state index is -1.15. The van der Waals surface area contributed by atoms with E-state index in [1.165, 1.54) is 6.07 Å². The van der Waals surface area contributed by atoms with Crippen LogP contribution in [0.2, 0.25) is 0 Å². The van der Waals surface area contributed by atoms with Gasteiger partial charge in [0.15, 0.2) is 0 Å². The van der Waals surface area contributed by atoms with Crippen LogP contribution in [0, 0.1) is 0 Å². The Morgan fingerprint density at radius 2 is 2.28 bits per heavy atom. The lowest BCUT2D eigenvalue weighted by Crippen LogP contribution is -2.36. The van der Waals surface area contributed by atoms with Gasteiger partial charge in [0, 0.05) is 0 Å². The molecule has 18 heavy (non-hydrogen) atoms. The number of hydrogen-bond donors (Lipinski definition) is 1. The first-order chi connectivity index (χ1) is 8.57. The summed E-state index contributed by atoms with van der Waals surface area (Å²) in [7, 11) is 0. The molecular formula is C13H13FN2O2. The Bertz CT molecular complexity index is 616. The number of carboxylic acids is 1. The smallest absolute Gasteiger partial charge is 0.335 e. The standard InChI is InChI=1S/C13H13FN2O2/c14-13(4-1-5-13)7-16-8-15-10-3-2-9(12(17)18)6-11(10)16/h2-3,6,8H,1,4-5,7H2,(H,17,18). The highest BCUT2D eigenvalue weighted by molar-refractivity contribution is 5.92. The van der Waals surface area contributed by atoms with E-state index in [1.807, 2.05) is 0 Å². The largest absolute Gasteiger partial charge is 0.478 e. The third-order valence-corrected chi connectivity index (χ3v) is 3.57. The fourth-order valence-corrected chi connectivity index (χ4v) is 2.34. The van der Waals surface area contributed by atoms with E-state index in [9.17, 15) is 9.18 Å². The van der Waals surface area contributed by atoms with Gasteiger partial charge in [-0.05, 0) is 37.5 Å². The molecule has 1 aliphatic carbocycles. The van der Waals surface area contributed by atoms with Crippen LogP contribution >= 0.6 is 0 Å². The van der Waals surface area contributed by atoms with Crippen LogP contribution < -0.4 is 0 Å². The average Bonchev–Trinajstić information content (AvgIpc) is 2.69. The number of aromatic carboxylic acids is 1. The molecule has 0 unspecified atom stereocenters. The second-order valence-electron chi connectivity index (χ2n) is 4.89. The Morgan fingerprint density at radius 1 is 1.50 bits per heavy atom. The summed E-state index contributed by atoms with van der Waals surface area (Å²) in [5.41, 5.74) is 0.430. The molecule has 3 rings (SSSR count). The van der Waals surface area contributed by atoms with E-state index >= 15 is 0 Å². The SMILES string of the molecule is O=C(O)c1ccc2ncn(CC3(F)CCC3)c2c1. The molecule has 5 heteroatoms. The molecule has 1 N–H and O–H groups in total. The molecule has 1 fully saturated rings. The molecule has 1 aromatic carbocycles. The van der Waals surface area contributed by atoms with E-state index < -0.39 is 11.6 Å². The van der Waals surface area contributed by atoms with Gasteiger partial charge in [0.25, 0.3) is 0 Å². The number of carbonyl (C=O) groups is 1. The van der Waals surface area contributed by atoms with E-state index in [0.717, 1.165) is 6.42 Å². The molecule has 0 amide bonds. The van der Waals surface area contributed by atoms with Gasteiger partial charge >= 0.3 is 5.97 Å². The molecule has 1 heterocycles. The van der Waals surface area contributed by atoms with Gasteiger partial charge in [0.05, 0.1) is 29.5 Å². The highest BCUT2D eigenvalue weighted by Gasteiger charge is 2.37. The number of aromatic nitrogens is 2. The fourth-order valence-electron chi connectivity index (χ4n) is 2.34. The van der Waals surface area contributed by atoms with Crippen molar-refractivity contribution in [2.45, 2.75) is 31.5 Å². The molecular weight excluding hydrogens is 235 g/mol. The molecule has 0 aliphatic heterocycles. The van der Waals surface area contributed by atoms with Crippen molar-refractivity contribution in [1.29, 1.82) is 0 Å². The first kappa shape index (κ1) is 11.2. The van der Waals surface area contributed by atoms with Crippen LogP contribution in [0.4, 0.5) is 4.39 Å². The second-order valence-corrected chi connectivity index (χ2v) is 4.89. The van der Waals surface area contributed by atoms with Crippen molar-refractivity contribution in [2.24, 2.45) is 0 Å². The van der Waals surface area contributed by atoms with Crippen LogP contribution in [0.25, 0.3) is 11.0 Å². The van der Waals surface area contributed by atoms with E-state index in [0.29, 0.717) is 23.9 Å². The Labute approximate surface area is 103 Å². The number of alkyl halides is 1. The first-order valence-corrected chi connectivity index (χ1v) is 5.95. The summed E-state index contributed by atoms with van der Waals surface area (Å²) in [6, 6.07) is 4.71. The van der Waals surface area contributed by atoms with Crippen LogP contribution in [0.5, 0.6) is 0 Å². The maximum Gasteiger partial charge on any atom is 0.335 e. The molecule has 94 valence electrons. The van der Waals surface area contributed by atoms with Gasteiger partial charge in [-0.25, -0.2) is 14.2 Å². The van der Waals surface area contributed by atoms with Crippen LogP contribution in [-0.4, -0.2) is 26.3 Å². The van der Waals surface area contributed by atoms with Gasteiger partial charge in [-0.15, -0.1) is 0 Å². The lowest BCUT2D eigenvalue weighted by molar-refractivity contribution is 0.0454. The van der Waals surface area contributed by atoms with Crippen molar-refractivity contribution in [3.8, 4) is 0 Å². The molecule has 0 atom stereocenters. The Morgan fingerprint density at radius 3 is 2.89 bits per heavy atom. The van der Waals surface area contributed by atoms with Crippen LogP contribution in [-0.2, 0) is 6.54 Å². The number of imidazole rings is 1. The lowest BCUT2D eigenvalue weighted by atomic mass is 9.82. The maximum absolute atomic E-state index is 14.1. The zero-order valence-corrected chi connectivity index (χ0v) is 9.77. The molecule has 1 saturated carbocycles. The molecule has 2 aromatic rings. The number of carboxylic acid groups (broad SMARTS) is 1. The van der Waals surface area contributed by atoms with Crippen molar-refractivity contribution in [3.05, 3.63) is 30.1 Å². The van der Waals surface area contributed by atoms with Crippen molar-refractivity contribution in [1.82, 2.24) is 9.55 Å². The van der Waals surface area contributed by atoms with Gasteiger partial charge in [0.2, 0.25) is 0 Å². The zero-order chi connectivity index (χ0) is 12.8. The topological polar surface area (TPSA) is 55.1 Å². The minimum Gasteiger partial charge on any atom is -0.478 e. The number of nitrogens with zero attached hydrogens (tertiary/aromatic N) is 2. The second kappa shape index (κ2) is 3.80. The molecule has 1 aliphatic rings. The summed E-state index contributed by atoms with van der Waals surface area (Å²) in [6.07, 6.45) is 3.65. The zero-order valence-electron chi connectivity index (χ0n) is 9.77. The summed E-state index contributed by atoms with van der Waals surface area (Å²) < 4.78 is 15.8. The number of hydrogen-bond acceptors (Lipinski definition) is 2. The van der Waals surface area contributed by atoms with Crippen molar-refractivity contribution < 1.29 is 14.3 Å². The third kappa shape index (κ3) is 1.75. The first-order valence-electron chi connectivity index (χ1n) is 5.95. The highest BCUT2D eigenvalue weighted by Crippen LogP contribution is 2.37. The van der Waals surface area contributed by atoms with Crippen molar-refractivity contribution in [2.75, 3.05) is 0 Å². The summed E-state index contributed by atoms with van der Waals surface area (Å²) in [4.78, 5) is 15.1. The summed E-state index contributed by atoms with van der Waals surface area (Å²) >= 11 is 0. The number of benzene rings is 1. The molecule has 0 radical (unpaired) electrons. The Hall–Kier alpha value is -1.91. The van der Waals surface area contributed by atoms with Gasteiger partial charge in [-0.2, -0.15) is 0 Å². The van der Waals surface area contributed by atoms with E-state index in [4.69, 9.17) is 5.11 Å². The van der Waals surface area contributed by atoms with Gasteiger partial charge in [-0.1, -0.05) is 0 Å². The van der Waals surface area contributed by atoms with E-state index in [1.54, 1.807) is 23.0 Å². The van der Waals surface area contributed by atoms with Gasteiger partial charge < -0.3 is 9.67 Å². The molecule has 4 nitrogen and oxygen atoms in total. The van der Waals surface area contributed by atoms with Crippen LogP contribution in [0.1, 0.15) is 29.6 Å². The average molecular weight is 248 g/mol. The van der Waals surface area contributed by atoms with Crippen LogP contribution in [0.15, 0.2) is 24.5 Å². The third-order valence-electron chi connectivity index (χ3n) is 3.57. The lowest BCUT2D eigenvalue weighted by Gasteiger charge is -2.34. The summed E-state index contributed by atoms with van der Waals surface area (Å²) in [6.45, 7) is 0.257. The molecule has 1 aromatic heterocycles. The predicted octanol–water partition coefficient (Wildman–Crippen LogP) is 2.63. The number of halogens is 1. The van der Waals surface area contributed by atoms with E-state index in [2.05, 4.69) is 4.98 Å². The fraction of sp³-hybridized carbons (Fsp3) is 0.385. The van der Waals surface area contributed by atoms with E-state index in [-0.39, 0.29) is 12.1 Å². The summed E-state index contributed by atoms with van der Waals surface area (Å²) in [5.74, 6) is -0.983.